The van der Waals surface area contributed by atoms with Gasteiger partial charge in [-0.05, 0) is 105 Å². The van der Waals surface area contributed by atoms with Gasteiger partial charge in [-0.3, -0.25) is 0 Å². The van der Waals surface area contributed by atoms with Crippen LogP contribution in [0.25, 0.3) is 0 Å². The largest absolute Gasteiger partial charge is 0.508 e. The number of nitrogens with zero attached hydrogens (tertiary/aromatic N) is 1. The molecule has 3 heteroatoms. The molecule has 5 unspecified atom stereocenters. The van der Waals surface area contributed by atoms with Crippen molar-refractivity contribution in [3.63, 3.8) is 0 Å². The van der Waals surface area contributed by atoms with Crippen molar-refractivity contribution in [1.29, 1.82) is 0 Å². The number of hydrogen-bond acceptors (Lipinski definition) is 3. The van der Waals surface area contributed by atoms with Gasteiger partial charge in [0, 0.05) is 6.54 Å². The Balaban J connectivity index is 1.53. The van der Waals surface area contributed by atoms with Crippen LogP contribution in [0.3, 0.4) is 0 Å². The summed E-state index contributed by atoms with van der Waals surface area (Å²) in [5, 5.41) is 10.2. The molecule has 0 radical (unpaired) electrons. The van der Waals surface area contributed by atoms with Gasteiger partial charge < -0.3 is 14.7 Å². The molecule has 160 valence electrons. The minimum absolute atomic E-state index is 0.351. The van der Waals surface area contributed by atoms with Crippen LogP contribution in [0.15, 0.2) is 23.8 Å². The summed E-state index contributed by atoms with van der Waals surface area (Å²) in [5.41, 5.74) is 5.98. The van der Waals surface area contributed by atoms with Crippen molar-refractivity contribution in [1.82, 2.24) is 4.90 Å². The van der Waals surface area contributed by atoms with Crippen LogP contribution in [0.1, 0.15) is 62.1 Å². The Kier molecular flexibility index (Phi) is 5.83. The minimum atomic E-state index is 0.351. The molecular weight excluding hydrogens is 358 g/mol. The number of fused-ring (bicyclic) bond motifs is 5. The quantitative estimate of drug-likeness (QED) is 0.540. The van der Waals surface area contributed by atoms with Crippen LogP contribution in [0, 0.1) is 30.1 Å². The molecule has 1 aromatic carbocycles. The van der Waals surface area contributed by atoms with Gasteiger partial charge in [-0.15, -0.1) is 0 Å². The summed E-state index contributed by atoms with van der Waals surface area (Å²) < 4.78 is 5.89. The maximum absolute atomic E-state index is 10.2. The van der Waals surface area contributed by atoms with Gasteiger partial charge >= 0.3 is 0 Å². The van der Waals surface area contributed by atoms with E-state index in [1.54, 1.807) is 5.57 Å². The zero-order valence-corrected chi connectivity index (χ0v) is 19.0. The predicted octanol–water partition coefficient (Wildman–Crippen LogP) is 5.31. The van der Waals surface area contributed by atoms with E-state index in [1.807, 2.05) is 6.92 Å². The lowest BCUT2D eigenvalue weighted by Gasteiger charge is -2.52. The average Bonchev–Trinajstić information content (AvgIpc) is 2.99. The van der Waals surface area contributed by atoms with E-state index in [1.165, 1.54) is 36.8 Å². The van der Waals surface area contributed by atoms with Crippen molar-refractivity contribution in [2.24, 2.45) is 23.2 Å². The summed E-state index contributed by atoms with van der Waals surface area (Å²) >= 11 is 0. The van der Waals surface area contributed by atoms with Crippen molar-refractivity contribution in [2.75, 3.05) is 33.9 Å². The number of likely N-dealkylation sites (N-methyl/N-ethyl adjacent to an activating group) is 1. The molecule has 3 nitrogen and oxygen atoms in total. The molecule has 1 N–H and O–H groups in total. The van der Waals surface area contributed by atoms with Crippen LogP contribution >= 0.6 is 0 Å². The van der Waals surface area contributed by atoms with Crippen LogP contribution in [0.2, 0.25) is 0 Å². The van der Waals surface area contributed by atoms with E-state index < -0.39 is 0 Å². The van der Waals surface area contributed by atoms with Gasteiger partial charge in [-0.2, -0.15) is 0 Å². The van der Waals surface area contributed by atoms with E-state index in [2.05, 4.69) is 51.1 Å². The van der Waals surface area contributed by atoms with Crippen LogP contribution in [-0.2, 0) is 11.2 Å². The third-order valence-electron chi connectivity index (χ3n) is 8.37. The van der Waals surface area contributed by atoms with E-state index >= 15 is 0 Å². The molecule has 2 fully saturated rings. The Morgan fingerprint density at radius 1 is 1.28 bits per heavy atom. The highest BCUT2D eigenvalue weighted by Crippen LogP contribution is 2.64. The summed E-state index contributed by atoms with van der Waals surface area (Å²) in [5.74, 6) is 3.38. The first-order valence-corrected chi connectivity index (χ1v) is 11.6. The fraction of sp³-hybridized carbons (Fsp3) is 0.692. The topological polar surface area (TPSA) is 32.7 Å². The molecule has 0 aliphatic heterocycles. The van der Waals surface area contributed by atoms with Gasteiger partial charge in [-0.1, -0.05) is 31.6 Å². The Morgan fingerprint density at radius 3 is 2.83 bits per heavy atom. The highest BCUT2D eigenvalue weighted by Gasteiger charge is 2.54. The monoisotopic (exact) mass is 397 g/mol. The number of benzene rings is 1. The molecule has 29 heavy (non-hydrogen) atoms. The second-order valence-corrected chi connectivity index (χ2v) is 10.4. The van der Waals surface area contributed by atoms with Gasteiger partial charge in [0.15, 0.2) is 0 Å². The fourth-order valence-electron chi connectivity index (χ4n) is 6.79. The van der Waals surface area contributed by atoms with Gasteiger partial charge in [0.2, 0.25) is 0 Å². The molecule has 1 aromatic rings. The first kappa shape index (κ1) is 20.9. The summed E-state index contributed by atoms with van der Waals surface area (Å²) in [7, 11) is 4.18. The highest BCUT2D eigenvalue weighted by atomic mass is 16.5. The van der Waals surface area contributed by atoms with E-state index in [9.17, 15) is 5.11 Å². The van der Waals surface area contributed by atoms with Crippen LogP contribution in [-0.4, -0.2) is 43.9 Å². The number of allylic oxidation sites excluding steroid dienone is 1. The Hall–Kier alpha value is -1.32. The highest BCUT2D eigenvalue weighted by molar-refractivity contribution is 5.45. The van der Waals surface area contributed by atoms with E-state index in [4.69, 9.17) is 4.74 Å². The molecule has 0 bridgehead atoms. The van der Waals surface area contributed by atoms with E-state index in [0.29, 0.717) is 23.0 Å². The van der Waals surface area contributed by atoms with Gasteiger partial charge in [0.05, 0.1) is 13.2 Å². The zero-order chi connectivity index (χ0) is 20.8. The molecule has 4 rings (SSSR count). The molecule has 0 heterocycles. The van der Waals surface area contributed by atoms with Crippen LogP contribution < -0.4 is 0 Å². The van der Waals surface area contributed by atoms with Crippen LogP contribution in [0.4, 0.5) is 0 Å². The number of aromatic hydroxyl groups is 1. The third kappa shape index (κ3) is 3.77. The number of phenolic OH excluding ortho intramolecular Hbond substituents is 1. The van der Waals surface area contributed by atoms with Gasteiger partial charge in [-0.25, -0.2) is 0 Å². The molecule has 0 aromatic heterocycles. The number of ether oxygens (including phenoxy) is 1. The Bertz CT molecular complexity index is 783. The minimum Gasteiger partial charge on any atom is -0.508 e. The predicted molar refractivity (Wildman–Crippen MR) is 119 cm³/mol. The SMILES string of the molecule is Cc1cc2c(cc1O)CC(C)C1C2CCC2(C)/C(=C/COCCN(C)C)CCC12. The van der Waals surface area contributed by atoms with Crippen molar-refractivity contribution in [3.05, 3.63) is 40.5 Å². The number of hydrogen-bond donors (Lipinski definition) is 1. The molecule has 0 saturated heterocycles. The number of rotatable bonds is 5. The van der Waals surface area contributed by atoms with Crippen molar-refractivity contribution in [2.45, 2.75) is 58.8 Å². The average molecular weight is 398 g/mol. The lowest BCUT2D eigenvalue weighted by molar-refractivity contribution is 0.0483. The summed E-state index contributed by atoms with van der Waals surface area (Å²) in [6.07, 6.45) is 8.67. The first-order chi connectivity index (χ1) is 13.8. The maximum Gasteiger partial charge on any atom is 0.118 e. The third-order valence-corrected chi connectivity index (χ3v) is 8.37. The lowest BCUT2D eigenvalue weighted by atomic mass is 9.52. The summed E-state index contributed by atoms with van der Waals surface area (Å²) in [6.45, 7) is 9.59. The fourth-order valence-corrected chi connectivity index (χ4v) is 6.79. The van der Waals surface area contributed by atoms with Crippen molar-refractivity contribution in [3.8, 4) is 5.75 Å². The Labute approximate surface area is 177 Å². The molecule has 3 aliphatic carbocycles. The standard InChI is InChI=1S/C26H39NO2/c1-17-15-22-19(16-24(17)28)14-18(2)25-21(22)8-10-26(3)20(6-7-23(25)26)9-12-29-13-11-27(4)5/h9,15-16,18,21,23,25,28H,6-8,10-14H2,1-5H3/b20-9+. The van der Waals surface area contributed by atoms with Gasteiger partial charge in [0.25, 0.3) is 0 Å². The maximum atomic E-state index is 10.2. The smallest absolute Gasteiger partial charge is 0.118 e. The normalized spacial score (nSPS) is 34.9. The summed E-state index contributed by atoms with van der Waals surface area (Å²) in [4.78, 5) is 2.17. The zero-order valence-electron chi connectivity index (χ0n) is 19.0. The first-order valence-electron chi connectivity index (χ1n) is 11.6. The van der Waals surface area contributed by atoms with Gasteiger partial charge in [0.1, 0.15) is 5.75 Å². The second kappa shape index (κ2) is 8.07. The van der Waals surface area contributed by atoms with Crippen LogP contribution in [0.5, 0.6) is 5.75 Å². The van der Waals surface area contributed by atoms with E-state index in [-0.39, 0.29) is 0 Å². The second-order valence-electron chi connectivity index (χ2n) is 10.4. The van der Waals surface area contributed by atoms with E-state index in [0.717, 1.165) is 43.6 Å². The van der Waals surface area contributed by atoms with Crippen molar-refractivity contribution < 1.29 is 9.84 Å². The molecule has 0 amide bonds. The molecular formula is C26H39NO2. The number of phenols is 1. The lowest BCUT2D eigenvalue weighted by Crippen LogP contribution is -2.43. The number of aryl methyl sites for hydroxylation is 1. The molecule has 3 aliphatic rings. The summed E-state index contributed by atoms with van der Waals surface area (Å²) in [6, 6.07) is 4.34. The Morgan fingerprint density at radius 2 is 2.07 bits per heavy atom. The molecule has 5 atom stereocenters. The van der Waals surface area contributed by atoms with Crippen molar-refractivity contribution >= 4 is 0 Å². The molecule has 2 saturated carbocycles. The molecule has 0 spiro atoms.